The van der Waals surface area contributed by atoms with Crippen LogP contribution in [0.1, 0.15) is 45.9 Å². The zero-order valence-corrected chi connectivity index (χ0v) is 13.9. The van der Waals surface area contributed by atoms with E-state index >= 15 is 0 Å². The molecular weight excluding hydrogens is 272 g/mol. The van der Waals surface area contributed by atoms with Crippen molar-refractivity contribution in [2.24, 2.45) is 7.05 Å². The molecule has 0 radical (unpaired) electrons. The van der Waals surface area contributed by atoms with Crippen molar-refractivity contribution in [3.05, 3.63) is 17.2 Å². The molecule has 1 aliphatic rings. The Balaban J connectivity index is 1.98. The minimum absolute atomic E-state index is 0.176. The summed E-state index contributed by atoms with van der Waals surface area (Å²) >= 11 is 6.07. The van der Waals surface area contributed by atoms with E-state index in [9.17, 15) is 0 Å². The van der Waals surface area contributed by atoms with E-state index < -0.39 is 0 Å². The zero-order chi connectivity index (χ0) is 14.8. The molecule has 1 fully saturated rings. The molecule has 0 saturated carbocycles. The number of likely N-dealkylation sites (tertiary alicyclic amines) is 1. The topological polar surface area (TPSA) is 33.1 Å². The first-order chi connectivity index (χ1) is 9.37. The van der Waals surface area contributed by atoms with Crippen LogP contribution in [0.15, 0.2) is 6.20 Å². The molecule has 0 aromatic carbocycles. The highest BCUT2D eigenvalue weighted by molar-refractivity contribution is 6.29. The fourth-order valence-corrected chi connectivity index (χ4v) is 2.82. The maximum atomic E-state index is 6.07. The number of piperidine rings is 1. The van der Waals surface area contributed by atoms with Gasteiger partial charge in [0.25, 0.3) is 0 Å². The predicted molar refractivity (Wildman–Crippen MR) is 84.0 cm³/mol. The summed E-state index contributed by atoms with van der Waals surface area (Å²) in [5, 5.41) is 4.34. The third-order valence-electron chi connectivity index (χ3n) is 3.99. The van der Waals surface area contributed by atoms with Crippen molar-refractivity contribution in [1.29, 1.82) is 0 Å². The SMILES string of the molecule is Cn1c(Cl)cnc1CN1CCCCC1CNC(C)(C)C. The van der Waals surface area contributed by atoms with Crippen molar-refractivity contribution in [2.45, 2.75) is 58.2 Å². The second-order valence-corrected chi connectivity index (χ2v) is 7.19. The van der Waals surface area contributed by atoms with Gasteiger partial charge >= 0.3 is 0 Å². The Labute approximate surface area is 127 Å². The van der Waals surface area contributed by atoms with Crippen LogP contribution in [0.4, 0.5) is 0 Å². The number of imidazole rings is 1. The van der Waals surface area contributed by atoms with E-state index in [2.05, 4.69) is 36.0 Å². The Morgan fingerprint density at radius 2 is 2.15 bits per heavy atom. The maximum Gasteiger partial charge on any atom is 0.128 e. The number of nitrogens with one attached hydrogen (secondary N) is 1. The van der Waals surface area contributed by atoms with Gasteiger partial charge in [0.1, 0.15) is 11.0 Å². The molecule has 2 rings (SSSR count). The van der Waals surface area contributed by atoms with Crippen molar-refractivity contribution >= 4 is 11.6 Å². The molecule has 1 N–H and O–H groups in total. The summed E-state index contributed by atoms with van der Waals surface area (Å²) in [7, 11) is 1.98. The highest BCUT2D eigenvalue weighted by atomic mass is 35.5. The summed E-state index contributed by atoms with van der Waals surface area (Å²) in [6, 6.07) is 0.596. The molecule has 2 heterocycles. The van der Waals surface area contributed by atoms with E-state index in [4.69, 9.17) is 11.6 Å². The molecule has 0 amide bonds. The third kappa shape index (κ3) is 4.21. The lowest BCUT2D eigenvalue weighted by atomic mass is 10.0. The summed E-state index contributed by atoms with van der Waals surface area (Å²) in [4.78, 5) is 6.96. The van der Waals surface area contributed by atoms with Crippen LogP contribution in [-0.2, 0) is 13.6 Å². The van der Waals surface area contributed by atoms with E-state index in [0.717, 1.165) is 25.5 Å². The highest BCUT2D eigenvalue weighted by Crippen LogP contribution is 2.20. The minimum atomic E-state index is 0.176. The minimum Gasteiger partial charge on any atom is -0.321 e. The van der Waals surface area contributed by atoms with E-state index in [1.165, 1.54) is 19.3 Å². The van der Waals surface area contributed by atoms with Gasteiger partial charge in [0.15, 0.2) is 0 Å². The van der Waals surface area contributed by atoms with Crippen molar-refractivity contribution in [3.8, 4) is 0 Å². The van der Waals surface area contributed by atoms with Crippen LogP contribution in [0.2, 0.25) is 5.15 Å². The largest absolute Gasteiger partial charge is 0.321 e. The monoisotopic (exact) mass is 298 g/mol. The summed E-state index contributed by atoms with van der Waals surface area (Å²) in [5.41, 5.74) is 0.176. The van der Waals surface area contributed by atoms with E-state index in [-0.39, 0.29) is 5.54 Å². The first-order valence-corrected chi connectivity index (χ1v) is 7.90. The van der Waals surface area contributed by atoms with Gasteiger partial charge < -0.3 is 9.88 Å². The Bertz CT molecular complexity index is 436. The molecule has 114 valence electrons. The van der Waals surface area contributed by atoms with E-state index in [0.29, 0.717) is 11.2 Å². The van der Waals surface area contributed by atoms with E-state index in [1.54, 1.807) is 6.20 Å². The first-order valence-electron chi connectivity index (χ1n) is 7.52. The Morgan fingerprint density at radius 1 is 1.40 bits per heavy atom. The fourth-order valence-electron chi connectivity index (χ4n) is 2.68. The maximum absolute atomic E-state index is 6.07. The summed E-state index contributed by atoms with van der Waals surface area (Å²) in [5.74, 6) is 1.05. The average Bonchev–Trinajstić information content (AvgIpc) is 2.69. The molecule has 1 saturated heterocycles. The molecule has 1 atom stereocenters. The van der Waals surface area contributed by atoms with Gasteiger partial charge in [-0.3, -0.25) is 4.90 Å². The molecule has 1 unspecified atom stereocenters. The molecule has 0 aliphatic carbocycles. The van der Waals surface area contributed by atoms with Crippen LogP contribution in [0.3, 0.4) is 0 Å². The van der Waals surface area contributed by atoms with Crippen molar-refractivity contribution < 1.29 is 0 Å². The molecule has 1 aromatic heterocycles. The highest BCUT2D eigenvalue weighted by Gasteiger charge is 2.25. The average molecular weight is 299 g/mol. The van der Waals surface area contributed by atoms with Crippen LogP contribution < -0.4 is 5.32 Å². The summed E-state index contributed by atoms with van der Waals surface area (Å²) in [6.07, 6.45) is 5.61. The van der Waals surface area contributed by atoms with Gasteiger partial charge in [0.2, 0.25) is 0 Å². The molecule has 0 bridgehead atoms. The van der Waals surface area contributed by atoms with Crippen molar-refractivity contribution in [3.63, 3.8) is 0 Å². The lowest BCUT2D eigenvalue weighted by Gasteiger charge is -2.37. The van der Waals surface area contributed by atoms with Crippen LogP contribution >= 0.6 is 11.6 Å². The molecular formula is C15H27ClN4. The first kappa shape index (κ1) is 15.8. The van der Waals surface area contributed by atoms with Gasteiger partial charge in [0, 0.05) is 25.2 Å². The number of nitrogens with zero attached hydrogens (tertiary/aromatic N) is 3. The standard InChI is InChI=1S/C15H27ClN4/c1-15(2,3)18-9-12-7-5-6-8-20(12)11-14-17-10-13(16)19(14)4/h10,12,18H,5-9,11H2,1-4H3. The van der Waals surface area contributed by atoms with Gasteiger partial charge in [0.05, 0.1) is 12.7 Å². The molecule has 0 spiro atoms. The molecule has 1 aromatic rings. The predicted octanol–water partition coefficient (Wildman–Crippen LogP) is 2.82. The number of hydrogen-bond donors (Lipinski definition) is 1. The summed E-state index contributed by atoms with van der Waals surface area (Å²) in [6.45, 7) is 9.75. The van der Waals surface area contributed by atoms with Crippen LogP contribution in [-0.4, -0.2) is 39.1 Å². The van der Waals surface area contributed by atoms with E-state index in [1.807, 2.05) is 11.6 Å². The molecule has 4 nitrogen and oxygen atoms in total. The van der Waals surface area contributed by atoms with Crippen molar-refractivity contribution in [1.82, 2.24) is 19.8 Å². The molecule has 1 aliphatic heterocycles. The van der Waals surface area contributed by atoms with Crippen LogP contribution in [0.5, 0.6) is 0 Å². The van der Waals surface area contributed by atoms with Gasteiger partial charge in [-0.25, -0.2) is 4.98 Å². The lowest BCUT2D eigenvalue weighted by Crippen LogP contribution is -2.49. The Hall–Kier alpha value is -0.580. The number of rotatable bonds is 4. The smallest absolute Gasteiger partial charge is 0.128 e. The lowest BCUT2D eigenvalue weighted by molar-refractivity contribution is 0.127. The second-order valence-electron chi connectivity index (χ2n) is 6.81. The Kier molecular flexibility index (Phi) is 5.10. The van der Waals surface area contributed by atoms with Crippen LogP contribution in [0, 0.1) is 0 Å². The zero-order valence-electron chi connectivity index (χ0n) is 13.1. The number of hydrogen-bond acceptors (Lipinski definition) is 3. The second kappa shape index (κ2) is 6.46. The van der Waals surface area contributed by atoms with Gasteiger partial charge in [-0.15, -0.1) is 0 Å². The number of halogens is 1. The van der Waals surface area contributed by atoms with Gasteiger partial charge in [-0.2, -0.15) is 0 Å². The summed E-state index contributed by atoms with van der Waals surface area (Å²) < 4.78 is 1.98. The third-order valence-corrected chi connectivity index (χ3v) is 4.34. The van der Waals surface area contributed by atoms with Gasteiger partial charge in [-0.05, 0) is 40.2 Å². The quantitative estimate of drug-likeness (QED) is 0.928. The fraction of sp³-hybridized carbons (Fsp3) is 0.800. The normalized spacial score (nSPS) is 21.4. The molecule has 20 heavy (non-hydrogen) atoms. The Morgan fingerprint density at radius 3 is 2.75 bits per heavy atom. The van der Waals surface area contributed by atoms with Crippen molar-refractivity contribution in [2.75, 3.05) is 13.1 Å². The molecule has 5 heteroatoms. The van der Waals surface area contributed by atoms with Crippen LogP contribution in [0.25, 0.3) is 0 Å². The van der Waals surface area contributed by atoms with Gasteiger partial charge in [-0.1, -0.05) is 18.0 Å². The number of aromatic nitrogens is 2.